The zero-order chi connectivity index (χ0) is 15.5. The Morgan fingerprint density at radius 2 is 2.14 bits per heavy atom. The van der Waals surface area contributed by atoms with Gasteiger partial charge in [0.15, 0.2) is 12.5 Å². The Morgan fingerprint density at radius 3 is 2.62 bits per heavy atom. The van der Waals surface area contributed by atoms with Crippen molar-refractivity contribution in [1.82, 2.24) is 9.88 Å². The molecule has 2 rings (SSSR count). The van der Waals surface area contributed by atoms with Crippen LogP contribution in [0.1, 0.15) is 42.7 Å². The molecule has 1 aromatic heterocycles. The number of rotatable bonds is 4. The lowest BCUT2D eigenvalue weighted by Gasteiger charge is -2.40. The maximum Gasteiger partial charge on any atom is 0.304 e. The van der Waals surface area contributed by atoms with Crippen molar-refractivity contribution >= 4 is 12.3 Å². The molecule has 0 aromatic carbocycles. The molecule has 114 valence electrons. The molecule has 1 aromatic rings. The average molecular weight is 292 g/mol. The largest absolute Gasteiger partial charge is 0.447 e. The van der Waals surface area contributed by atoms with E-state index in [1.165, 1.54) is 6.92 Å². The number of aldehydes is 1. The summed E-state index contributed by atoms with van der Waals surface area (Å²) in [6, 6.07) is 3.34. The van der Waals surface area contributed by atoms with Crippen molar-refractivity contribution in [2.24, 2.45) is 0 Å². The van der Waals surface area contributed by atoms with Crippen LogP contribution in [0.4, 0.5) is 0 Å². The van der Waals surface area contributed by atoms with Gasteiger partial charge in [0, 0.05) is 31.8 Å². The van der Waals surface area contributed by atoms with Gasteiger partial charge in [0.2, 0.25) is 0 Å². The lowest BCUT2D eigenvalue weighted by atomic mass is 9.85. The highest BCUT2D eigenvalue weighted by Crippen LogP contribution is 2.33. The molecule has 1 unspecified atom stereocenters. The summed E-state index contributed by atoms with van der Waals surface area (Å²) in [5, 5.41) is 10.7. The van der Waals surface area contributed by atoms with Gasteiger partial charge in [-0.1, -0.05) is 6.07 Å². The van der Waals surface area contributed by atoms with Crippen molar-refractivity contribution in [3.63, 3.8) is 0 Å². The first kappa shape index (κ1) is 15.6. The molecule has 1 saturated heterocycles. The molecule has 0 saturated carbocycles. The summed E-state index contributed by atoms with van der Waals surface area (Å²) in [4.78, 5) is 27.6. The van der Waals surface area contributed by atoms with Gasteiger partial charge >= 0.3 is 5.97 Å². The Balaban J connectivity index is 2.00. The first-order valence-corrected chi connectivity index (χ1v) is 7.00. The van der Waals surface area contributed by atoms with E-state index in [1.54, 1.807) is 18.3 Å². The fourth-order valence-electron chi connectivity index (χ4n) is 2.61. The number of piperidine rings is 1. The zero-order valence-corrected chi connectivity index (χ0v) is 12.3. The van der Waals surface area contributed by atoms with E-state index in [9.17, 15) is 14.7 Å². The van der Waals surface area contributed by atoms with Crippen molar-refractivity contribution in [3.8, 4) is 0 Å². The van der Waals surface area contributed by atoms with E-state index < -0.39 is 5.60 Å². The number of pyridine rings is 1. The first-order chi connectivity index (χ1) is 9.94. The summed E-state index contributed by atoms with van der Waals surface area (Å²) >= 11 is 0. The van der Waals surface area contributed by atoms with Crippen molar-refractivity contribution in [3.05, 3.63) is 29.6 Å². The van der Waals surface area contributed by atoms with Gasteiger partial charge in [-0.2, -0.15) is 0 Å². The van der Waals surface area contributed by atoms with E-state index in [0.29, 0.717) is 43.5 Å². The number of hydrogen-bond donors (Lipinski definition) is 1. The maximum absolute atomic E-state index is 11.0. The van der Waals surface area contributed by atoms with E-state index in [4.69, 9.17) is 4.74 Å². The van der Waals surface area contributed by atoms with Crippen LogP contribution in [0, 0.1) is 0 Å². The molecule has 1 N–H and O–H groups in total. The highest BCUT2D eigenvalue weighted by atomic mass is 16.6. The first-order valence-electron chi connectivity index (χ1n) is 7.00. The van der Waals surface area contributed by atoms with Gasteiger partial charge in [-0.3, -0.25) is 19.5 Å². The summed E-state index contributed by atoms with van der Waals surface area (Å²) in [5.74, 6) is -0.308. The Labute approximate surface area is 123 Å². The molecule has 0 bridgehead atoms. The fourth-order valence-corrected chi connectivity index (χ4v) is 2.61. The summed E-state index contributed by atoms with van der Waals surface area (Å²) in [5.41, 5.74) is 0.122. The number of esters is 1. The Bertz CT molecular complexity index is 507. The molecule has 0 amide bonds. The van der Waals surface area contributed by atoms with Gasteiger partial charge in [-0.15, -0.1) is 0 Å². The number of ether oxygens (including phenoxy) is 1. The second-order valence-corrected chi connectivity index (χ2v) is 5.37. The molecular formula is C15H20N2O4. The van der Waals surface area contributed by atoms with Crippen LogP contribution in [0.5, 0.6) is 0 Å². The number of aliphatic hydroxyl groups is 1. The number of nitrogens with zero attached hydrogens (tertiary/aromatic N) is 2. The molecule has 0 radical (unpaired) electrons. The molecule has 21 heavy (non-hydrogen) atoms. The Kier molecular flexibility index (Phi) is 4.69. The Hall–Kier alpha value is -1.79. The van der Waals surface area contributed by atoms with Crippen LogP contribution in [0.25, 0.3) is 0 Å². The molecular weight excluding hydrogens is 272 g/mol. The topological polar surface area (TPSA) is 79.7 Å². The number of carbonyl (C=O) groups excluding carboxylic acids is 2. The third kappa shape index (κ3) is 3.65. The third-order valence-electron chi connectivity index (χ3n) is 3.92. The van der Waals surface area contributed by atoms with Crippen molar-refractivity contribution in [2.75, 3.05) is 13.1 Å². The molecule has 1 aliphatic heterocycles. The van der Waals surface area contributed by atoms with Gasteiger partial charge in [-0.25, -0.2) is 0 Å². The lowest BCUT2D eigenvalue weighted by Crippen LogP contribution is -2.47. The smallest absolute Gasteiger partial charge is 0.304 e. The van der Waals surface area contributed by atoms with Gasteiger partial charge in [-0.05, 0) is 25.8 Å². The molecule has 1 aliphatic rings. The van der Waals surface area contributed by atoms with Crippen LogP contribution in [0.2, 0.25) is 0 Å². The minimum Gasteiger partial charge on any atom is -0.447 e. The average Bonchev–Trinajstić information content (AvgIpc) is 2.47. The number of likely N-dealkylation sites (tertiary alicyclic amines) is 1. The number of hydrogen-bond acceptors (Lipinski definition) is 6. The minimum atomic E-state index is -0.944. The highest BCUT2D eigenvalue weighted by molar-refractivity contribution is 5.71. The molecule has 1 atom stereocenters. The van der Waals surface area contributed by atoms with E-state index in [1.807, 2.05) is 11.8 Å². The number of aromatic nitrogens is 1. The predicted octanol–water partition coefficient (Wildman–Crippen LogP) is 1.09. The summed E-state index contributed by atoms with van der Waals surface area (Å²) in [6.45, 7) is 4.46. The van der Waals surface area contributed by atoms with E-state index in [2.05, 4.69) is 4.98 Å². The third-order valence-corrected chi connectivity index (χ3v) is 3.92. The summed E-state index contributed by atoms with van der Waals surface area (Å²) in [7, 11) is 0. The second-order valence-electron chi connectivity index (χ2n) is 5.37. The van der Waals surface area contributed by atoms with Crippen LogP contribution in [-0.4, -0.2) is 46.6 Å². The molecule has 6 heteroatoms. The van der Waals surface area contributed by atoms with E-state index in [0.717, 1.165) is 0 Å². The van der Waals surface area contributed by atoms with Crippen molar-refractivity contribution in [2.45, 2.75) is 38.5 Å². The molecule has 6 nitrogen and oxygen atoms in total. The quantitative estimate of drug-likeness (QED) is 0.661. The normalized spacial score (nSPS) is 19.8. The maximum atomic E-state index is 11.0. The van der Waals surface area contributed by atoms with Crippen molar-refractivity contribution in [1.29, 1.82) is 0 Å². The number of carbonyl (C=O) groups is 2. The molecule has 0 spiro atoms. The van der Waals surface area contributed by atoms with Crippen LogP contribution in [0.3, 0.4) is 0 Å². The van der Waals surface area contributed by atoms with Gasteiger partial charge < -0.3 is 9.84 Å². The molecule has 2 heterocycles. The van der Waals surface area contributed by atoms with Gasteiger partial charge in [0.05, 0.1) is 5.60 Å². The van der Waals surface area contributed by atoms with Gasteiger partial charge in [0.1, 0.15) is 5.69 Å². The van der Waals surface area contributed by atoms with Crippen LogP contribution < -0.4 is 0 Å². The van der Waals surface area contributed by atoms with E-state index >= 15 is 0 Å². The van der Waals surface area contributed by atoms with Crippen molar-refractivity contribution < 1.29 is 19.4 Å². The highest BCUT2D eigenvalue weighted by Gasteiger charge is 2.36. The summed E-state index contributed by atoms with van der Waals surface area (Å²) in [6.07, 6.45) is 3.00. The summed E-state index contributed by atoms with van der Waals surface area (Å²) < 4.78 is 5.15. The SMILES string of the molecule is CC(=O)OC(C)N1CCC(O)(c2ccc(C=O)nc2)CC1. The standard InChI is InChI=1S/C15H20N2O4/c1-11(21-12(2)19)17-7-5-15(20,6-8-17)13-3-4-14(10-18)16-9-13/h3-4,9-11,20H,5-8H2,1-2H3. The molecule has 0 aliphatic carbocycles. The van der Waals surface area contributed by atoms with Crippen LogP contribution >= 0.6 is 0 Å². The predicted molar refractivity (Wildman–Crippen MR) is 75.6 cm³/mol. The minimum absolute atomic E-state index is 0.289. The Morgan fingerprint density at radius 1 is 1.48 bits per heavy atom. The monoisotopic (exact) mass is 292 g/mol. The van der Waals surface area contributed by atoms with Gasteiger partial charge in [0.25, 0.3) is 0 Å². The van der Waals surface area contributed by atoms with Crippen LogP contribution in [-0.2, 0) is 15.1 Å². The zero-order valence-electron chi connectivity index (χ0n) is 12.3. The second kappa shape index (κ2) is 6.32. The van der Waals surface area contributed by atoms with Crippen LogP contribution in [0.15, 0.2) is 18.3 Å². The lowest BCUT2D eigenvalue weighted by molar-refractivity contribution is -0.158. The fraction of sp³-hybridized carbons (Fsp3) is 0.533. The molecule has 1 fully saturated rings. The van der Waals surface area contributed by atoms with E-state index in [-0.39, 0.29) is 12.2 Å².